The van der Waals surface area contributed by atoms with E-state index in [-0.39, 0.29) is 11.9 Å². The van der Waals surface area contributed by atoms with Gasteiger partial charge in [-0.1, -0.05) is 12.1 Å². The summed E-state index contributed by atoms with van der Waals surface area (Å²) < 4.78 is 12.6. The van der Waals surface area contributed by atoms with Gasteiger partial charge in [0.05, 0.1) is 24.4 Å². The van der Waals surface area contributed by atoms with E-state index in [4.69, 9.17) is 9.47 Å². The lowest BCUT2D eigenvalue weighted by atomic mass is 10.1. The third-order valence-electron chi connectivity index (χ3n) is 3.39. The molecule has 0 bridgehead atoms. The molecule has 1 aromatic carbocycles. The molecular weight excluding hydrogens is 294 g/mol. The molecule has 2 rings (SSSR count). The van der Waals surface area contributed by atoms with Crippen molar-refractivity contribution in [3.8, 4) is 5.75 Å². The van der Waals surface area contributed by atoms with Crippen LogP contribution < -0.4 is 10.1 Å². The van der Waals surface area contributed by atoms with E-state index in [0.29, 0.717) is 31.1 Å². The van der Waals surface area contributed by atoms with Crippen molar-refractivity contribution in [1.29, 1.82) is 0 Å². The van der Waals surface area contributed by atoms with Crippen LogP contribution in [0.25, 0.3) is 0 Å². The first-order chi connectivity index (χ1) is 11.1. The number of amides is 1. The zero-order valence-electron chi connectivity index (χ0n) is 13.8. The van der Waals surface area contributed by atoms with Crippen LogP contribution >= 0.6 is 0 Å². The average Bonchev–Trinajstić information content (AvgIpc) is 2.98. The third kappa shape index (κ3) is 4.82. The molecule has 1 N–H and O–H groups in total. The Morgan fingerprint density at radius 2 is 2.13 bits per heavy atom. The molecule has 1 heterocycles. The number of nitrogens with one attached hydrogen (secondary N) is 1. The van der Waals surface area contributed by atoms with Gasteiger partial charge in [0.15, 0.2) is 0 Å². The van der Waals surface area contributed by atoms with Crippen LogP contribution in [0.3, 0.4) is 0 Å². The zero-order chi connectivity index (χ0) is 16.7. The molecule has 1 amide bonds. The van der Waals surface area contributed by atoms with Crippen molar-refractivity contribution in [2.75, 3.05) is 19.8 Å². The van der Waals surface area contributed by atoms with Crippen molar-refractivity contribution < 1.29 is 14.3 Å². The molecule has 6 nitrogen and oxygen atoms in total. The van der Waals surface area contributed by atoms with Crippen molar-refractivity contribution in [2.45, 2.75) is 19.9 Å². The van der Waals surface area contributed by atoms with Gasteiger partial charge in [-0.2, -0.15) is 5.10 Å². The minimum absolute atomic E-state index is 0.132. The number of aromatic nitrogens is 2. The van der Waals surface area contributed by atoms with Gasteiger partial charge in [0.1, 0.15) is 12.4 Å². The Balaban J connectivity index is 2.01. The molecule has 0 aliphatic carbocycles. The Hall–Kier alpha value is -2.34. The number of ether oxygens (including phenoxy) is 2. The Morgan fingerprint density at radius 3 is 2.83 bits per heavy atom. The van der Waals surface area contributed by atoms with Crippen LogP contribution in [0.1, 0.15) is 35.8 Å². The SMILES string of the molecule is CCOCCOc1ccccc1C(=O)NC(C)c1cnn(C)c1. The minimum atomic E-state index is -0.173. The van der Waals surface area contributed by atoms with Gasteiger partial charge in [0.2, 0.25) is 0 Å². The molecule has 0 aliphatic rings. The van der Waals surface area contributed by atoms with Gasteiger partial charge in [0, 0.05) is 25.4 Å². The predicted molar refractivity (Wildman–Crippen MR) is 87.5 cm³/mol. The Bertz CT molecular complexity index is 640. The van der Waals surface area contributed by atoms with E-state index < -0.39 is 0 Å². The third-order valence-corrected chi connectivity index (χ3v) is 3.39. The van der Waals surface area contributed by atoms with Crippen molar-refractivity contribution in [1.82, 2.24) is 15.1 Å². The number of rotatable bonds is 8. The molecule has 124 valence electrons. The van der Waals surface area contributed by atoms with Crippen LogP contribution in [0.15, 0.2) is 36.7 Å². The van der Waals surface area contributed by atoms with Gasteiger partial charge in [0.25, 0.3) is 5.91 Å². The molecule has 6 heteroatoms. The van der Waals surface area contributed by atoms with Crippen LogP contribution in [0, 0.1) is 0 Å². The number of carbonyl (C=O) groups excluding carboxylic acids is 1. The van der Waals surface area contributed by atoms with Gasteiger partial charge in [-0.3, -0.25) is 9.48 Å². The lowest BCUT2D eigenvalue weighted by Gasteiger charge is -2.15. The van der Waals surface area contributed by atoms with Crippen LogP contribution in [-0.4, -0.2) is 35.5 Å². The highest BCUT2D eigenvalue weighted by Gasteiger charge is 2.16. The highest BCUT2D eigenvalue weighted by molar-refractivity contribution is 5.97. The second kappa shape index (κ2) is 8.33. The van der Waals surface area contributed by atoms with Crippen LogP contribution in [0.5, 0.6) is 5.75 Å². The molecule has 23 heavy (non-hydrogen) atoms. The maximum atomic E-state index is 12.5. The average molecular weight is 317 g/mol. The van der Waals surface area contributed by atoms with Gasteiger partial charge >= 0.3 is 0 Å². The van der Waals surface area contributed by atoms with Gasteiger partial charge < -0.3 is 14.8 Å². The molecule has 1 unspecified atom stereocenters. The Kier molecular flexibility index (Phi) is 6.17. The van der Waals surface area contributed by atoms with E-state index in [1.54, 1.807) is 23.0 Å². The smallest absolute Gasteiger partial charge is 0.255 e. The fourth-order valence-corrected chi connectivity index (χ4v) is 2.16. The largest absolute Gasteiger partial charge is 0.490 e. The minimum Gasteiger partial charge on any atom is -0.490 e. The second-order valence-corrected chi connectivity index (χ2v) is 5.18. The number of hydrogen-bond donors (Lipinski definition) is 1. The quantitative estimate of drug-likeness (QED) is 0.759. The number of para-hydroxylation sites is 1. The molecule has 0 radical (unpaired) electrons. The summed E-state index contributed by atoms with van der Waals surface area (Å²) in [7, 11) is 1.85. The molecular formula is C17H23N3O3. The molecule has 0 spiro atoms. The maximum Gasteiger partial charge on any atom is 0.255 e. The molecule has 1 aromatic heterocycles. The maximum absolute atomic E-state index is 12.5. The predicted octanol–water partition coefficient (Wildman–Crippen LogP) is 2.33. The van der Waals surface area contributed by atoms with E-state index in [0.717, 1.165) is 5.56 Å². The van der Waals surface area contributed by atoms with E-state index in [2.05, 4.69) is 10.4 Å². The first-order valence-corrected chi connectivity index (χ1v) is 7.70. The van der Waals surface area contributed by atoms with Crippen molar-refractivity contribution in [3.63, 3.8) is 0 Å². The number of carbonyl (C=O) groups is 1. The summed E-state index contributed by atoms with van der Waals surface area (Å²) in [5.41, 5.74) is 1.47. The molecule has 0 fully saturated rings. The number of aryl methyl sites for hydroxylation is 1. The summed E-state index contributed by atoms with van der Waals surface area (Å²) in [6.45, 7) is 5.41. The standard InChI is InChI=1S/C17H23N3O3/c1-4-22-9-10-23-16-8-6-5-7-15(16)17(21)19-13(2)14-11-18-20(3)12-14/h5-8,11-13H,4,9-10H2,1-3H3,(H,19,21). The van der Waals surface area contributed by atoms with E-state index in [1.807, 2.05) is 39.2 Å². The summed E-state index contributed by atoms with van der Waals surface area (Å²) in [4.78, 5) is 12.5. The van der Waals surface area contributed by atoms with Crippen molar-refractivity contribution in [3.05, 3.63) is 47.8 Å². The second-order valence-electron chi connectivity index (χ2n) is 5.18. The fraction of sp³-hybridized carbons (Fsp3) is 0.412. The summed E-state index contributed by atoms with van der Waals surface area (Å²) in [5, 5.41) is 7.08. The summed E-state index contributed by atoms with van der Waals surface area (Å²) in [6, 6.07) is 7.07. The fourth-order valence-electron chi connectivity index (χ4n) is 2.16. The van der Waals surface area contributed by atoms with Crippen LogP contribution in [0.2, 0.25) is 0 Å². The molecule has 0 saturated carbocycles. The molecule has 0 aliphatic heterocycles. The lowest BCUT2D eigenvalue weighted by Crippen LogP contribution is -2.27. The highest BCUT2D eigenvalue weighted by Crippen LogP contribution is 2.19. The van der Waals surface area contributed by atoms with E-state index >= 15 is 0 Å². The Labute approximate surface area is 136 Å². The first kappa shape index (κ1) is 17.0. The highest BCUT2D eigenvalue weighted by atomic mass is 16.5. The van der Waals surface area contributed by atoms with E-state index in [1.165, 1.54) is 0 Å². The Morgan fingerprint density at radius 1 is 1.35 bits per heavy atom. The summed E-state index contributed by atoms with van der Waals surface area (Å²) in [5.74, 6) is 0.386. The zero-order valence-corrected chi connectivity index (χ0v) is 13.8. The van der Waals surface area contributed by atoms with Gasteiger partial charge in [-0.15, -0.1) is 0 Å². The van der Waals surface area contributed by atoms with Gasteiger partial charge in [-0.25, -0.2) is 0 Å². The van der Waals surface area contributed by atoms with Crippen molar-refractivity contribution >= 4 is 5.91 Å². The van der Waals surface area contributed by atoms with Gasteiger partial charge in [-0.05, 0) is 26.0 Å². The lowest BCUT2D eigenvalue weighted by molar-refractivity contribution is 0.0923. The number of hydrogen-bond acceptors (Lipinski definition) is 4. The number of nitrogens with zero attached hydrogens (tertiary/aromatic N) is 2. The molecule has 0 saturated heterocycles. The van der Waals surface area contributed by atoms with Crippen LogP contribution in [0.4, 0.5) is 0 Å². The summed E-state index contributed by atoms with van der Waals surface area (Å²) in [6.07, 6.45) is 3.63. The van der Waals surface area contributed by atoms with Crippen LogP contribution in [-0.2, 0) is 11.8 Å². The molecule has 2 aromatic rings. The topological polar surface area (TPSA) is 65.4 Å². The number of benzene rings is 1. The van der Waals surface area contributed by atoms with E-state index in [9.17, 15) is 4.79 Å². The van der Waals surface area contributed by atoms with Crippen molar-refractivity contribution in [2.24, 2.45) is 7.05 Å². The molecule has 1 atom stereocenters. The summed E-state index contributed by atoms with van der Waals surface area (Å²) >= 11 is 0. The first-order valence-electron chi connectivity index (χ1n) is 7.70. The monoisotopic (exact) mass is 317 g/mol. The normalized spacial score (nSPS) is 12.0.